The van der Waals surface area contributed by atoms with Crippen molar-refractivity contribution in [3.63, 3.8) is 0 Å². The van der Waals surface area contributed by atoms with Crippen molar-refractivity contribution in [2.24, 2.45) is 5.92 Å². The van der Waals surface area contributed by atoms with E-state index in [1.165, 1.54) is 17.8 Å². The van der Waals surface area contributed by atoms with Gasteiger partial charge in [0.2, 0.25) is 0 Å². The molecular weight excluding hydrogens is 343 g/mol. The Morgan fingerprint density at radius 2 is 1.84 bits per heavy atom. The molecule has 1 saturated carbocycles. The number of carbonyl (C=O) groups excluding carboxylic acids is 1. The number of thioether (sulfide) groups is 1. The standard InChI is InChI=1S/C18H25FN2O3S/c1-18(2,3)25-15-9-8-13(10-14(15)19)21-17(24)20-12-6-4-11(5-7-12)16(22)23/h8-12H,4-7H2,1-3H3,(H,22,23)(H2,20,21,24). The molecule has 1 aliphatic carbocycles. The molecule has 0 spiro atoms. The molecule has 138 valence electrons. The Labute approximate surface area is 151 Å². The van der Waals surface area contributed by atoms with E-state index < -0.39 is 12.0 Å². The lowest BCUT2D eigenvalue weighted by atomic mass is 9.86. The Kier molecular flexibility index (Phi) is 6.32. The lowest BCUT2D eigenvalue weighted by Crippen LogP contribution is -2.41. The summed E-state index contributed by atoms with van der Waals surface area (Å²) in [5.74, 6) is -1.45. The number of hydrogen-bond donors (Lipinski definition) is 3. The molecule has 1 aliphatic rings. The van der Waals surface area contributed by atoms with Crippen molar-refractivity contribution in [3.05, 3.63) is 24.0 Å². The number of rotatable bonds is 4. The predicted octanol–water partition coefficient (Wildman–Crippen LogP) is 4.48. The van der Waals surface area contributed by atoms with Crippen LogP contribution in [0.5, 0.6) is 0 Å². The van der Waals surface area contributed by atoms with Crippen molar-refractivity contribution >= 4 is 29.4 Å². The average molecular weight is 368 g/mol. The van der Waals surface area contributed by atoms with Crippen molar-refractivity contribution in [2.45, 2.75) is 62.1 Å². The van der Waals surface area contributed by atoms with Crippen LogP contribution in [0.15, 0.2) is 23.1 Å². The number of urea groups is 1. The van der Waals surface area contributed by atoms with Gasteiger partial charge in [-0.2, -0.15) is 0 Å². The fourth-order valence-corrected chi connectivity index (χ4v) is 3.78. The summed E-state index contributed by atoms with van der Waals surface area (Å²) < 4.78 is 14.1. The van der Waals surface area contributed by atoms with Crippen molar-refractivity contribution in [1.82, 2.24) is 5.32 Å². The normalized spacial score (nSPS) is 20.8. The maximum atomic E-state index is 14.2. The van der Waals surface area contributed by atoms with Crippen LogP contribution in [0.2, 0.25) is 0 Å². The van der Waals surface area contributed by atoms with E-state index in [0.29, 0.717) is 36.3 Å². The number of carboxylic acid groups (broad SMARTS) is 1. The van der Waals surface area contributed by atoms with E-state index in [-0.39, 0.29) is 22.5 Å². The Bertz CT molecular complexity index is 638. The number of anilines is 1. The minimum atomic E-state index is -0.772. The molecule has 1 aromatic carbocycles. The summed E-state index contributed by atoms with van der Waals surface area (Å²) in [6.07, 6.45) is 2.40. The maximum Gasteiger partial charge on any atom is 0.319 e. The van der Waals surface area contributed by atoms with Crippen LogP contribution in [0.25, 0.3) is 0 Å². The van der Waals surface area contributed by atoms with Crippen molar-refractivity contribution < 1.29 is 19.1 Å². The second-order valence-corrected chi connectivity index (χ2v) is 9.21. The van der Waals surface area contributed by atoms with Gasteiger partial charge in [0.1, 0.15) is 5.82 Å². The Morgan fingerprint density at radius 3 is 2.36 bits per heavy atom. The van der Waals surface area contributed by atoms with Crippen LogP contribution in [0.1, 0.15) is 46.5 Å². The minimum Gasteiger partial charge on any atom is -0.481 e. The highest BCUT2D eigenvalue weighted by Crippen LogP contribution is 2.34. The van der Waals surface area contributed by atoms with E-state index in [0.717, 1.165) is 0 Å². The number of carboxylic acids is 1. The largest absolute Gasteiger partial charge is 0.481 e. The first-order chi connectivity index (χ1) is 11.6. The summed E-state index contributed by atoms with van der Waals surface area (Å²) in [7, 11) is 0. The molecule has 0 saturated heterocycles. The van der Waals surface area contributed by atoms with E-state index in [4.69, 9.17) is 5.11 Å². The van der Waals surface area contributed by atoms with Gasteiger partial charge >= 0.3 is 12.0 Å². The van der Waals surface area contributed by atoms with E-state index >= 15 is 0 Å². The predicted molar refractivity (Wildman–Crippen MR) is 97.5 cm³/mol. The Morgan fingerprint density at radius 1 is 1.20 bits per heavy atom. The molecule has 25 heavy (non-hydrogen) atoms. The number of benzene rings is 1. The van der Waals surface area contributed by atoms with E-state index in [2.05, 4.69) is 10.6 Å². The minimum absolute atomic E-state index is 0.0452. The van der Waals surface area contributed by atoms with E-state index in [9.17, 15) is 14.0 Å². The summed E-state index contributed by atoms with van der Waals surface area (Å²) in [6, 6.07) is 4.22. The molecule has 0 atom stereocenters. The molecule has 0 heterocycles. The number of hydrogen-bond acceptors (Lipinski definition) is 3. The summed E-state index contributed by atoms with van der Waals surface area (Å²) in [5.41, 5.74) is 0.396. The average Bonchev–Trinajstić information content (AvgIpc) is 2.49. The van der Waals surface area contributed by atoms with Gasteiger partial charge in [0.25, 0.3) is 0 Å². The SMILES string of the molecule is CC(C)(C)Sc1ccc(NC(=O)NC2CCC(C(=O)O)CC2)cc1F. The summed E-state index contributed by atoms with van der Waals surface area (Å²) in [6.45, 7) is 6.03. The first-order valence-corrected chi connectivity index (χ1v) is 9.24. The fourth-order valence-electron chi connectivity index (χ4n) is 2.83. The highest BCUT2D eigenvalue weighted by atomic mass is 32.2. The van der Waals surface area contributed by atoms with Crippen LogP contribution < -0.4 is 10.6 Å². The summed E-state index contributed by atoms with van der Waals surface area (Å²) in [5, 5.41) is 14.5. The summed E-state index contributed by atoms with van der Waals surface area (Å²) in [4.78, 5) is 23.5. The number of aliphatic carboxylic acids is 1. The highest BCUT2D eigenvalue weighted by Gasteiger charge is 2.26. The first kappa shape index (κ1) is 19.6. The quantitative estimate of drug-likeness (QED) is 0.685. The number of carbonyl (C=O) groups is 2. The van der Waals surface area contributed by atoms with Gasteiger partial charge in [-0.1, -0.05) is 20.8 Å². The third kappa shape index (κ3) is 6.23. The second kappa shape index (κ2) is 8.08. The molecule has 0 aromatic heterocycles. The van der Waals surface area contributed by atoms with Crippen LogP contribution in [0.3, 0.4) is 0 Å². The molecule has 0 bridgehead atoms. The van der Waals surface area contributed by atoms with Gasteiger partial charge < -0.3 is 15.7 Å². The van der Waals surface area contributed by atoms with Crippen molar-refractivity contribution in [2.75, 3.05) is 5.32 Å². The van der Waals surface area contributed by atoms with Gasteiger partial charge in [-0.05, 0) is 43.9 Å². The number of halogens is 1. The molecule has 0 radical (unpaired) electrons. The smallest absolute Gasteiger partial charge is 0.319 e. The van der Waals surface area contributed by atoms with Gasteiger partial charge in [-0.3, -0.25) is 4.79 Å². The first-order valence-electron chi connectivity index (χ1n) is 8.43. The number of nitrogens with one attached hydrogen (secondary N) is 2. The molecule has 2 amide bonds. The van der Waals surface area contributed by atoms with E-state index in [1.807, 2.05) is 20.8 Å². The second-order valence-electron chi connectivity index (χ2n) is 7.34. The zero-order chi connectivity index (χ0) is 18.6. The van der Waals surface area contributed by atoms with Crippen molar-refractivity contribution in [1.29, 1.82) is 0 Å². The fraction of sp³-hybridized carbons (Fsp3) is 0.556. The van der Waals surface area contributed by atoms with Gasteiger partial charge in [-0.25, -0.2) is 9.18 Å². The van der Waals surface area contributed by atoms with Gasteiger partial charge in [0.05, 0.1) is 5.92 Å². The molecule has 0 aliphatic heterocycles. The number of amides is 2. The van der Waals surface area contributed by atoms with Gasteiger partial charge in [0.15, 0.2) is 0 Å². The van der Waals surface area contributed by atoms with Gasteiger partial charge in [-0.15, -0.1) is 11.8 Å². The lowest BCUT2D eigenvalue weighted by molar-refractivity contribution is -0.142. The van der Waals surface area contributed by atoms with Crippen LogP contribution in [-0.2, 0) is 4.79 Å². The Hall–Kier alpha value is -1.76. The molecule has 1 fully saturated rings. The topological polar surface area (TPSA) is 78.4 Å². The van der Waals surface area contributed by atoms with Crippen LogP contribution in [0, 0.1) is 11.7 Å². The zero-order valence-corrected chi connectivity index (χ0v) is 15.6. The lowest BCUT2D eigenvalue weighted by Gasteiger charge is -2.26. The molecule has 7 heteroatoms. The van der Waals surface area contributed by atoms with E-state index in [1.54, 1.807) is 12.1 Å². The van der Waals surface area contributed by atoms with Crippen LogP contribution in [-0.4, -0.2) is 27.9 Å². The highest BCUT2D eigenvalue weighted by molar-refractivity contribution is 8.00. The third-order valence-electron chi connectivity index (χ3n) is 4.02. The molecule has 0 unspecified atom stereocenters. The Balaban J connectivity index is 1.87. The zero-order valence-electron chi connectivity index (χ0n) is 14.8. The van der Waals surface area contributed by atoms with Crippen molar-refractivity contribution in [3.8, 4) is 0 Å². The molecule has 2 rings (SSSR count). The molecule has 5 nitrogen and oxygen atoms in total. The molecule has 1 aromatic rings. The third-order valence-corrected chi connectivity index (χ3v) is 5.18. The summed E-state index contributed by atoms with van der Waals surface area (Å²) >= 11 is 1.43. The monoisotopic (exact) mass is 368 g/mol. The van der Waals surface area contributed by atoms with Gasteiger partial charge in [0, 0.05) is 21.4 Å². The molecular formula is C18H25FN2O3S. The molecule has 3 N–H and O–H groups in total. The van der Waals surface area contributed by atoms with Crippen LogP contribution in [0.4, 0.5) is 14.9 Å². The van der Waals surface area contributed by atoms with Crippen LogP contribution >= 0.6 is 11.8 Å². The maximum absolute atomic E-state index is 14.2.